The van der Waals surface area contributed by atoms with Gasteiger partial charge in [0.1, 0.15) is 0 Å². The van der Waals surface area contributed by atoms with Crippen LogP contribution in [0.1, 0.15) is 19.8 Å². The largest absolute Gasteiger partial charge is 0.386 e. The van der Waals surface area contributed by atoms with Gasteiger partial charge in [0, 0.05) is 13.5 Å². The first-order valence-corrected chi connectivity index (χ1v) is 3.33. The molecule has 1 unspecified atom stereocenters. The summed E-state index contributed by atoms with van der Waals surface area (Å²) in [4.78, 5) is 0. The fourth-order valence-electron chi connectivity index (χ4n) is 0.737. The van der Waals surface area contributed by atoms with Crippen molar-refractivity contribution in [2.45, 2.75) is 25.4 Å². The molecule has 1 N–H and O–H groups in total. The average Bonchev–Trinajstić information content (AvgIpc) is 1.89. The zero-order valence-corrected chi connectivity index (χ0v) is 6.55. The van der Waals surface area contributed by atoms with E-state index in [1.54, 1.807) is 7.11 Å². The standard InChI is InChI=1S/C8H14O2/c1-4-6-8(9,5-2)7-10-3/h1,9H,5-7H2,2-3H3. The maximum Gasteiger partial charge on any atom is 0.0985 e. The van der Waals surface area contributed by atoms with Crippen molar-refractivity contribution in [1.82, 2.24) is 0 Å². The smallest absolute Gasteiger partial charge is 0.0985 e. The topological polar surface area (TPSA) is 29.5 Å². The molecule has 0 aliphatic carbocycles. The van der Waals surface area contributed by atoms with Gasteiger partial charge in [-0.3, -0.25) is 0 Å². The molecule has 10 heavy (non-hydrogen) atoms. The minimum atomic E-state index is -0.816. The van der Waals surface area contributed by atoms with E-state index in [9.17, 15) is 5.11 Å². The Balaban J connectivity index is 3.84. The van der Waals surface area contributed by atoms with E-state index in [1.165, 1.54) is 0 Å². The van der Waals surface area contributed by atoms with E-state index in [2.05, 4.69) is 5.92 Å². The molecule has 0 saturated heterocycles. The molecule has 0 spiro atoms. The highest BCUT2D eigenvalue weighted by Crippen LogP contribution is 2.13. The van der Waals surface area contributed by atoms with Crippen LogP contribution in [0, 0.1) is 12.3 Å². The van der Waals surface area contributed by atoms with Gasteiger partial charge in [0.25, 0.3) is 0 Å². The zero-order valence-electron chi connectivity index (χ0n) is 6.55. The van der Waals surface area contributed by atoms with Gasteiger partial charge in [0.15, 0.2) is 0 Å². The van der Waals surface area contributed by atoms with Crippen molar-refractivity contribution in [3.8, 4) is 12.3 Å². The Morgan fingerprint density at radius 3 is 2.60 bits per heavy atom. The molecule has 2 heteroatoms. The van der Waals surface area contributed by atoms with Crippen molar-refractivity contribution in [3.05, 3.63) is 0 Å². The van der Waals surface area contributed by atoms with E-state index in [1.807, 2.05) is 6.92 Å². The molecule has 0 aliphatic rings. The lowest BCUT2D eigenvalue weighted by Crippen LogP contribution is -2.32. The first kappa shape index (κ1) is 9.48. The van der Waals surface area contributed by atoms with E-state index in [0.29, 0.717) is 19.4 Å². The number of methoxy groups -OCH3 is 1. The molecule has 0 aromatic heterocycles. The van der Waals surface area contributed by atoms with Gasteiger partial charge < -0.3 is 9.84 Å². The lowest BCUT2D eigenvalue weighted by molar-refractivity contribution is -0.0297. The van der Waals surface area contributed by atoms with Gasteiger partial charge in [0.05, 0.1) is 12.2 Å². The molecule has 0 aromatic rings. The molecule has 0 fully saturated rings. The molecule has 0 heterocycles. The number of rotatable bonds is 4. The second kappa shape index (κ2) is 4.32. The molecule has 0 aromatic carbocycles. The molecule has 0 aliphatic heterocycles. The normalized spacial score (nSPS) is 15.8. The molecule has 58 valence electrons. The van der Waals surface area contributed by atoms with Crippen LogP contribution in [0.25, 0.3) is 0 Å². The Bertz CT molecular complexity index is 126. The highest BCUT2D eigenvalue weighted by molar-refractivity contribution is 4.94. The van der Waals surface area contributed by atoms with Crippen molar-refractivity contribution in [3.63, 3.8) is 0 Å². The monoisotopic (exact) mass is 142 g/mol. The number of aliphatic hydroxyl groups is 1. The maximum atomic E-state index is 9.55. The predicted octanol–water partition coefficient (Wildman–Crippen LogP) is 0.797. The first-order chi connectivity index (χ1) is 4.68. The van der Waals surface area contributed by atoms with Crippen LogP contribution in [0.5, 0.6) is 0 Å². The van der Waals surface area contributed by atoms with Gasteiger partial charge in [0.2, 0.25) is 0 Å². The van der Waals surface area contributed by atoms with Crippen LogP contribution in [0.4, 0.5) is 0 Å². The van der Waals surface area contributed by atoms with Crippen LogP contribution in [-0.2, 0) is 4.74 Å². The lowest BCUT2D eigenvalue weighted by atomic mass is 9.98. The molecular weight excluding hydrogens is 128 g/mol. The fraction of sp³-hybridized carbons (Fsp3) is 0.750. The molecule has 0 radical (unpaired) electrons. The highest BCUT2D eigenvalue weighted by atomic mass is 16.5. The number of hydrogen-bond acceptors (Lipinski definition) is 2. The zero-order chi connectivity index (χ0) is 8.04. The lowest BCUT2D eigenvalue weighted by Gasteiger charge is -2.22. The Labute approximate surface area is 62.2 Å². The minimum Gasteiger partial charge on any atom is -0.386 e. The summed E-state index contributed by atoms with van der Waals surface area (Å²) < 4.78 is 4.80. The van der Waals surface area contributed by atoms with E-state index in [0.717, 1.165) is 0 Å². The van der Waals surface area contributed by atoms with Crippen molar-refractivity contribution in [2.24, 2.45) is 0 Å². The molecule has 2 nitrogen and oxygen atoms in total. The summed E-state index contributed by atoms with van der Waals surface area (Å²) in [7, 11) is 1.55. The molecule has 0 amide bonds. The molecule has 1 atom stereocenters. The van der Waals surface area contributed by atoms with Crippen molar-refractivity contribution >= 4 is 0 Å². The molecular formula is C8H14O2. The molecule has 0 rings (SSSR count). The SMILES string of the molecule is C#CCC(O)(CC)COC. The summed E-state index contributed by atoms with van der Waals surface area (Å²) in [5.41, 5.74) is -0.816. The second-order valence-corrected chi connectivity index (χ2v) is 2.39. The quantitative estimate of drug-likeness (QED) is 0.588. The van der Waals surface area contributed by atoms with Crippen LogP contribution in [0.15, 0.2) is 0 Å². The van der Waals surface area contributed by atoms with Gasteiger partial charge in [-0.05, 0) is 6.42 Å². The highest BCUT2D eigenvalue weighted by Gasteiger charge is 2.22. The van der Waals surface area contributed by atoms with E-state index >= 15 is 0 Å². The Hall–Kier alpha value is -0.520. The van der Waals surface area contributed by atoms with Gasteiger partial charge in [-0.2, -0.15) is 0 Å². The van der Waals surface area contributed by atoms with Crippen LogP contribution >= 0.6 is 0 Å². The molecule has 0 bridgehead atoms. The van der Waals surface area contributed by atoms with Crippen molar-refractivity contribution < 1.29 is 9.84 Å². The summed E-state index contributed by atoms with van der Waals surface area (Å²) in [6, 6.07) is 0. The summed E-state index contributed by atoms with van der Waals surface area (Å²) in [6.45, 7) is 2.20. The molecule has 0 saturated carbocycles. The van der Waals surface area contributed by atoms with E-state index in [4.69, 9.17) is 11.2 Å². The fourth-order valence-corrected chi connectivity index (χ4v) is 0.737. The summed E-state index contributed by atoms with van der Waals surface area (Å²) >= 11 is 0. The van der Waals surface area contributed by atoms with Crippen molar-refractivity contribution in [2.75, 3.05) is 13.7 Å². The van der Waals surface area contributed by atoms with Gasteiger partial charge in [-0.1, -0.05) is 6.92 Å². The predicted molar refractivity (Wildman–Crippen MR) is 40.6 cm³/mol. The summed E-state index contributed by atoms with van der Waals surface area (Å²) in [5, 5.41) is 9.55. The van der Waals surface area contributed by atoms with Crippen LogP contribution in [0.2, 0.25) is 0 Å². The average molecular weight is 142 g/mol. The number of terminal acetylenes is 1. The Morgan fingerprint density at radius 2 is 2.30 bits per heavy atom. The van der Waals surface area contributed by atoms with E-state index in [-0.39, 0.29) is 0 Å². The van der Waals surface area contributed by atoms with Crippen molar-refractivity contribution in [1.29, 1.82) is 0 Å². The number of ether oxygens (including phenoxy) is 1. The van der Waals surface area contributed by atoms with Crippen LogP contribution < -0.4 is 0 Å². The van der Waals surface area contributed by atoms with E-state index < -0.39 is 5.60 Å². The van der Waals surface area contributed by atoms with Gasteiger partial charge in [-0.15, -0.1) is 12.3 Å². The third-order valence-electron chi connectivity index (χ3n) is 1.50. The Kier molecular flexibility index (Phi) is 4.10. The maximum absolute atomic E-state index is 9.55. The summed E-state index contributed by atoms with van der Waals surface area (Å²) in [5.74, 6) is 2.41. The van der Waals surface area contributed by atoms with Crippen LogP contribution in [-0.4, -0.2) is 24.4 Å². The third kappa shape index (κ3) is 2.86. The first-order valence-electron chi connectivity index (χ1n) is 3.33. The number of hydrogen-bond donors (Lipinski definition) is 1. The Morgan fingerprint density at radius 1 is 1.70 bits per heavy atom. The van der Waals surface area contributed by atoms with Gasteiger partial charge in [-0.25, -0.2) is 0 Å². The van der Waals surface area contributed by atoms with Gasteiger partial charge >= 0.3 is 0 Å². The summed E-state index contributed by atoms with van der Waals surface area (Å²) in [6.07, 6.45) is 6.04. The van der Waals surface area contributed by atoms with Crippen LogP contribution in [0.3, 0.4) is 0 Å². The third-order valence-corrected chi connectivity index (χ3v) is 1.50. The second-order valence-electron chi connectivity index (χ2n) is 2.39. The minimum absolute atomic E-state index is 0.313.